The fourth-order valence-electron chi connectivity index (χ4n) is 4.07. The molecular weight excluding hydrogens is 318 g/mol. The third-order valence-corrected chi connectivity index (χ3v) is 5.40. The molecule has 1 saturated heterocycles. The number of rotatable bonds is 5. The number of hydrogen-bond acceptors (Lipinski definition) is 3. The van der Waals surface area contributed by atoms with Gasteiger partial charge in [-0.15, -0.1) is 0 Å². The van der Waals surface area contributed by atoms with E-state index in [1.165, 1.54) is 17.5 Å². The van der Waals surface area contributed by atoms with Crippen molar-refractivity contribution in [1.82, 2.24) is 16.0 Å². The van der Waals surface area contributed by atoms with Crippen LogP contribution in [0.5, 0.6) is 0 Å². The van der Waals surface area contributed by atoms with Gasteiger partial charge in [-0.05, 0) is 30.9 Å². The summed E-state index contributed by atoms with van der Waals surface area (Å²) in [5, 5.41) is 7.62. The molecule has 1 aromatic rings. The van der Waals surface area contributed by atoms with Crippen molar-refractivity contribution < 1.29 is 14.4 Å². The summed E-state index contributed by atoms with van der Waals surface area (Å²) in [6, 6.07) is 7.07. The third kappa shape index (κ3) is 3.83. The lowest BCUT2D eigenvalue weighted by atomic mass is 9.68. The summed E-state index contributed by atoms with van der Waals surface area (Å²) in [5.41, 5.74) is 2.52. The van der Waals surface area contributed by atoms with E-state index in [-0.39, 0.29) is 17.7 Å². The number of urea groups is 1. The highest BCUT2D eigenvalue weighted by Crippen LogP contribution is 2.40. The molecule has 3 rings (SSSR count). The zero-order chi connectivity index (χ0) is 17.9. The van der Waals surface area contributed by atoms with Crippen LogP contribution in [0.25, 0.3) is 0 Å². The second-order valence-corrected chi connectivity index (χ2v) is 7.15. The highest BCUT2D eigenvalue weighted by atomic mass is 16.2. The summed E-state index contributed by atoms with van der Waals surface area (Å²) in [4.78, 5) is 35.0. The van der Waals surface area contributed by atoms with E-state index in [2.05, 4.69) is 41.1 Å². The molecule has 6 heteroatoms. The molecule has 0 radical (unpaired) electrons. The summed E-state index contributed by atoms with van der Waals surface area (Å²) in [7, 11) is 0. The molecule has 6 nitrogen and oxygen atoms in total. The molecule has 25 heavy (non-hydrogen) atoms. The van der Waals surface area contributed by atoms with E-state index < -0.39 is 18.0 Å². The molecule has 1 saturated carbocycles. The van der Waals surface area contributed by atoms with Gasteiger partial charge in [0.1, 0.15) is 6.04 Å². The minimum Gasteiger partial charge on any atom is -0.355 e. The SMILES string of the molecule is Cc1ccccc1C1(CNC(=O)CC2NC(=O)NC2=O)CCCCC1. The van der Waals surface area contributed by atoms with E-state index in [0.29, 0.717) is 6.54 Å². The highest BCUT2D eigenvalue weighted by Gasteiger charge is 2.36. The number of nitrogens with one attached hydrogen (secondary N) is 3. The van der Waals surface area contributed by atoms with Crippen molar-refractivity contribution in [2.75, 3.05) is 6.54 Å². The Labute approximate surface area is 147 Å². The van der Waals surface area contributed by atoms with Crippen LogP contribution in [0.1, 0.15) is 49.7 Å². The van der Waals surface area contributed by atoms with Gasteiger partial charge in [-0.25, -0.2) is 4.79 Å². The molecule has 0 aromatic heterocycles. The predicted octanol–water partition coefficient (Wildman–Crippen LogP) is 1.91. The fourth-order valence-corrected chi connectivity index (χ4v) is 4.07. The van der Waals surface area contributed by atoms with Gasteiger partial charge in [-0.1, -0.05) is 43.5 Å². The van der Waals surface area contributed by atoms with Gasteiger partial charge in [0.05, 0.1) is 6.42 Å². The first-order chi connectivity index (χ1) is 12.0. The monoisotopic (exact) mass is 343 g/mol. The number of hydrogen-bond donors (Lipinski definition) is 3. The summed E-state index contributed by atoms with van der Waals surface area (Å²) in [5.74, 6) is -0.646. The van der Waals surface area contributed by atoms with Gasteiger partial charge >= 0.3 is 6.03 Å². The smallest absolute Gasteiger partial charge is 0.322 e. The predicted molar refractivity (Wildman–Crippen MR) is 94.0 cm³/mol. The average Bonchev–Trinajstić information content (AvgIpc) is 2.91. The van der Waals surface area contributed by atoms with Crippen molar-refractivity contribution in [2.24, 2.45) is 0 Å². The average molecular weight is 343 g/mol. The summed E-state index contributed by atoms with van der Waals surface area (Å²) in [6.45, 7) is 2.69. The molecular formula is C19H25N3O3. The molecule has 0 bridgehead atoms. The van der Waals surface area contributed by atoms with Gasteiger partial charge in [-0.3, -0.25) is 14.9 Å². The Morgan fingerprint density at radius 2 is 1.92 bits per heavy atom. The van der Waals surface area contributed by atoms with Crippen molar-refractivity contribution in [3.8, 4) is 0 Å². The first-order valence-corrected chi connectivity index (χ1v) is 8.94. The number of imide groups is 1. The second-order valence-electron chi connectivity index (χ2n) is 7.15. The highest BCUT2D eigenvalue weighted by molar-refractivity contribution is 6.05. The van der Waals surface area contributed by atoms with Crippen LogP contribution in [0.15, 0.2) is 24.3 Å². The van der Waals surface area contributed by atoms with E-state index in [4.69, 9.17) is 0 Å². The Morgan fingerprint density at radius 3 is 2.56 bits per heavy atom. The molecule has 1 atom stereocenters. The number of amides is 4. The molecule has 3 N–H and O–H groups in total. The van der Waals surface area contributed by atoms with Crippen molar-refractivity contribution >= 4 is 17.8 Å². The van der Waals surface area contributed by atoms with Gasteiger partial charge in [0.15, 0.2) is 0 Å². The Balaban J connectivity index is 1.67. The van der Waals surface area contributed by atoms with Crippen LogP contribution in [0.4, 0.5) is 4.79 Å². The molecule has 1 heterocycles. The number of aryl methyl sites for hydroxylation is 1. The summed E-state index contributed by atoms with van der Waals surface area (Å²) in [6.07, 6.45) is 5.63. The first-order valence-electron chi connectivity index (χ1n) is 8.94. The zero-order valence-electron chi connectivity index (χ0n) is 14.6. The largest absolute Gasteiger partial charge is 0.355 e. The zero-order valence-corrected chi connectivity index (χ0v) is 14.6. The molecule has 1 aromatic carbocycles. The maximum Gasteiger partial charge on any atom is 0.322 e. The summed E-state index contributed by atoms with van der Waals surface area (Å²) >= 11 is 0. The normalized spacial score (nSPS) is 22.2. The molecule has 1 unspecified atom stereocenters. The second kappa shape index (κ2) is 7.25. The van der Waals surface area contributed by atoms with Crippen LogP contribution in [0.3, 0.4) is 0 Å². The van der Waals surface area contributed by atoms with Crippen molar-refractivity contribution in [3.05, 3.63) is 35.4 Å². The molecule has 0 spiro atoms. The van der Waals surface area contributed by atoms with Gasteiger partial charge in [0.25, 0.3) is 5.91 Å². The molecule has 2 fully saturated rings. The number of carbonyl (C=O) groups is 3. The molecule has 1 aliphatic heterocycles. The Hall–Kier alpha value is -2.37. The van der Waals surface area contributed by atoms with Gasteiger partial charge in [0.2, 0.25) is 5.91 Å². The Kier molecular flexibility index (Phi) is 5.06. The minimum atomic E-state index is -0.770. The molecule has 4 amide bonds. The lowest BCUT2D eigenvalue weighted by Crippen LogP contribution is -2.44. The Bertz CT molecular complexity index is 680. The van der Waals surface area contributed by atoms with Crippen LogP contribution < -0.4 is 16.0 Å². The standard InChI is InChI=1S/C19H25N3O3/c1-13-7-3-4-8-14(13)19(9-5-2-6-10-19)12-20-16(23)11-15-17(24)22-18(25)21-15/h3-4,7-8,15H,2,5-6,9-12H2,1H3,(H,20,23)(H2,21,22,24,25). The maximum atomic E-state index is 12.3. The van der Waals surface area contributed by atoms with Crippen LogP contribution in [-0.4, -0.2) is 30.4 Å². The topological polar surface area (TPSA) is 87.3 Å². The summed E-state index contributed by atoms with van der Waals surface area (Å²) < 4.78 is 0. The number of carbonyl (C=O) groups excluding carboxylic acids is 3. The van der Waals surface area contributed by atoms with E-state index >= 15 is 0 Å². The van der Waals surface area contributed by atoms with Gasteiger partial charge < -0.3 is 10.6 Å². The number of benzene rings is 1. The fraction of sp³-hybridized carbons (Fsp3) is 0.526. The van der Waals surface area contributed by atoms with E-state index in [9.17, 15) is 14.4 Å². The third-order valence-electron chi connectivity index (χ3n) is 5.40. The molecule has 134 valence electrons. The van der Waals surface area contributed by atoms with Crippen LogP contribution in [-0.2, 0) is 15.0 Å². The van der Waals surface area contributed by atoms with Crippen LogP contribution in [0.2, 0.25) is 0 Å². The lowest BCUT2D eigenvalue weighted by molar-refractivity contribution is -0.126. The van der Waals surface area contributed by atoms with Crippen LogP contribution >= 0.6 is 0 Å². The van der Waals surface area contributed by atoms with Crippen molar-refractivity contribution in [2.45, 2.75) is 56.9 Å². The Morgan fingerprint density at radius 1 is 1.20 bits per heavy atom. The minimum absolute atomic E-state index is 0.0264. The molecule has 1 aliphatic carbocycles. The van der Waals surface area contributed by atoms with Crippen molar-refractivity contribution in [1.29, 1.82) is 0 Å². The first kappa shape index (κ1) is 17.5. The lowest BCUT2D eigenvalue weighted by Gasteiger charge is -2.39. The maximum absolute atomic E-state index is 12.3. The quantitative estimate of drug-likeness (QED) is 0.714. The van der Waals surface area contributed by atoms with Gasteiger partial charge in [-0.2, -0.15) is 0 Å². The van der Waals surface area contributed by atoms with E-state index in [1.807, 2.05) is 6.07 Å². The molecule has 2 aliphatic rings. The van der Waals surface area contributed by atoms with E-state index in [0.717, 1.165) is 25.7 Å². The van der Waals surface area contributed by atoms with Gasteiger partial charge in [0, 0.05) is 12.0 Å². The van der Waals surface area contributed by atoms with Crippen LogP contribution in [0, 0.1) is 6.92 Å². The van der Waals surface area contributed by atoms with E-state index in [1.54, 1.807) is 0 Å². The van der Waals surface area contributed by atoms with Crippen molar-refractivity contribution in [3.63, 3.8) is 0 Å².